The molecule has 19 heavy (non-hydrogen) atoms. The Morgan fingerprint density at radius 3 is 2.37 bits per heavy atom. The smallest absolute Gasteiger partial charge is 0.354 e. The van der Waals surface area contributed by atoms with Crippen LogP contribution in [0.1, 0.15) is 10.5 Å². The van der Waals surface area contributed by atoms with Gasteiger partial charge in [0.05, 0.1) is 11.9 Å². The molecule has 0 saturated heterocycles. The van der Waals surface area contributed by atoms with Crippen molar-refractivity contribution in [2.24, 2.45) is 0 Å². The monoisotopic (exact) mass is 259 g/mol. The fourth-order valence-corrected chi connectivity index (χ4v) is 1.22. The van der Waals surface area contributed by atoms with Crippen LogP contribution in [-0.2, 0) is 0 Å². The number of nitrogens with zero attached hydrogens (tertiary/aromatic N) is 3. The molecule has 96 valence electrons. The molecule has 0 radical (unpaired) electrons. The highest BCUT2D eigenvalue weighted by Gasteiger charge is 2.06. The minimum absolute atomic E-state index is 0.0997. The molecule has 0 saturated carbocycles. The van der Waals surface area contributed by atoms with Gasteiger partial charge in [0.2, 0.25) is 5.95 Å². The quantitative estimate of drug-likeness (QED) is 0.762. The van der Waals surface area contributed by atoms with E-state index < -0.39 is 12.0 Å². The summed E-state index contributed by atoms with van der Waals surface area (Å²) in [5.41, 5.74) is 0.260. The van der Waals surface area contributed by atoms with Crippen LogP contribution in [0.5, 0.6) is 0 Å². The molecule has 0 aliphatic rings. The first-order valence-electron chi connectivity index (χ1n) is 5.19. The second-order valence-corrected chi connectivity index (χ2v) is 3.39. The van der Waals surface area contributed by atoms with Crippen LogP contribution < -0.4 is 10.6 Å². The number of pyridine rings is 1. The first-order valence-corrected chi connectivity index (χ1v) is 5.19. The molecule has 8 heteroatoms. The number of carbonyl (C=O) groups is 2. The highest BCUT2D eigenvalue weighted by Crippen LogP contribution is 2.06. The number of rotatable bonds is 3. The number of urea groups is 1. The fraction of sp³-hybridized carbons (Fsp3) is 0. The van der Waals surface area contributed by atoms with Gasteiger partial charge in [0.25, 0.3) is 0 Å². The van der Waals surface area contributed by atoms with E-state index >= 15 is 0 Å². The molecule has 8 nitrogen and oxygen atoms in total. The maximum absolute atomic E-state index is 11.6. The van der Waals surface area contributed by atoms with Gasteiger partial charge in [-0.15, -0.1) is 0 Å². The molecular weight excluding hydrogens is 250 g/mol. The number of hydrogen-bond acceptors (Lipinski definition) is 5. The summed E-state index contributed by atoms with van der Waals surface area (Å²) in [7, 11) is 0. The Labute approximate surface area is 107 Å². The molecule has 0 aliphatic carbocycles. The number of carbonyl (C=O) groups excluding carboxylic acids is 1. The molecule has 2 aromatic heterocycles. The molecule has 2 aromatic rings. The van der Waals surface area contributed by atoms with E-state index in [0.29, 0.717) is 5.69 Å². The lowest BCUT2D eigenvalue weighted by molar-refractivity contribution is 0.0690. The lowest BCUT2D eigenvalue weighted by Gasteiger charge is -2.05. The first-order chi connectivity index (χ1) is 9.15. The number of nitrogens with one attached hydrogen (secondary N) is 2. The van der Waals surface area contributed by atoms with Crippen molar-refractivity contribution in [3.63, 3.8) is 0 Å². The maximum Gasteiger partial charge on any atom is 0.354 e. The van der Waals surface area contributed by atoms with Crippen molar-refractivity contribution in [3.8, 4) is 0 Å². The molecule has 2 rings (SSSR count). The standard InChI is InChI=1S/C11H9N5O3/c17-9(18)8-3-2-7(6-14-8)15-11(19)16-10-12-4-1-5-13-10/h1-6H,(H,17,18)(H2,12,13,15,16,19). The predicted molar refractivity (Wildman–Crippen MR) is 65.9 cm³/mol. The van der Waals surface area contributed by atoms with E-state index in [2.05, 4.69) is 25.6 Å². The Balaban J connectivity index is 1.97. The Morgan fingerprint density at radius 2 is 1.79 bits per heavy atom. The summed E-state index contributed by atoms with van der Waals surface area (Å²) < 4.78 is 0. The van der Waals surface area contributed by atoms with E-state index in [1.165, 1.54) is 30.7 Å². The van der Waals surface area contributed by atoms with Gasteiger partial charge < -0.3 is 10.4 Å². The zero-order valence-corrected chi connectivity index (χ0v) is 9.57. The van der Waals surface area contributed by atoms with Gasteiger partial charge in [-0.05, 0) is 18.2 Å². The molecule has 0 aromatic carbocycles. The summed E-state index contributed by atoms with van der Waals surface area (Å²) in [6, 6.07) is 3.80. The largest absolute Gasteiger partial charge is 0.477 e. The van der Waals surface area contributed by atoms with Crippen molar-refractivity contribution in [3.05, 3.63) is 42.5 Å². The number of anilines is 2. The van der Waals surface area contributed by atoms with E-state index in [1.54, 1.807) is 6.07 Å². The van der Waals surface area contributed by atoms with Crippen molar-refractivity contribution >= 4 is 23.6 Å². The van der Waals surface area contributed by atoms with Crippen molar-refractivity contribution < 1.29 is 14.7 Å². The average molecular weight is 259 g/mol. The lowest BCUT2D eigenvalue weighted by atomic mass is 10.3. The van der Waals surface area contributed by atoms with Gasteiger partial charge in [-0.2, -0.15) is 0 Å². The SMILES string of the molecule is O=C(Nc1ccc(C(=O)O)nc1)Nc1ncccn1. The summed E-state index contributed by atoms with van der Waals surface area (Å²) in [4.78, 5) is 33.5. The van der Waals surface area contributed by atoms with E-state index in [1.807, 2.05) is 0 Å². The maximum atomic E-state index is 11.6. The van der Waals surface area contributed by atoms with Gasteiger partial charge in [-0.25, -0.2) is 24.5 Å². The topological polar surface area (TPSA) is 117 Å². The number of carboxylic acid groups (broad SMARTS) is 1. The van der Waals surface area contributed by atoms with E-state index in [9.17, 15) is 9.59 Å². The normalized spacial score (nSPS) is 9.68. The Morgan fingerprint density at radius 1 is 1.05 bits per heavy atom. The third kappa shape index (κ3) is 3.46. The zero-order chi connectivity index (χ0) is 13.7. The third-order valence-corrected chi connectivity index (χ3v) is 2.03. The van der Waals surface area contributed by atoms with Crippen molar-refractivity contribution in [2.45, 2.75) is 0 Å². The number of amides is 2. The highest BCUT2D eigenvalue weighted by molar-refractivity contribution is 5.98. The number of hydrogen-bond donors (Lipinski definition) is 3. The Hall–Kier alpha value is -3.03. The Bertz CT molecular complexity index is 585. The van der Waals surface area contributed by atoms with E-state index in [0.717, 1.165) is 0 Å². The summed E-state index contributed by atoms with van der Waals surface area (Å²) in [5.74, 6) is -0.969. The molecule has 2 heterocycles. The first kappa shape index (κ1) is 12.4. The zero-order valence-electron chi connectivity index (χ0n) is 9.57. The fourth-order valence-electron chi connectivity index (χ4n) is 1.22. The summed E-state index contributed by atoms with van der Waals surface area (Å²) in [5, 5.41) is 13.6. The van der Waals surface area contributed by atoms with Crippen LogP contribution in [0, 0.1) is 0 Å². The van der Waals surface area contributed by atoms with Crippen LogP contribution in [0.15, 0.2) is 36.8 Å². The highest BCUT2D eigenvalue weighted by atomic mass is 16.4. The van der Waals surface area contributed by atoms with Crippen LogP contribution in [0.4, 0.5) is 16.4 Å². The second-order valence-electron chi connectivity index (χ2n) is 3.39. The number of carboxylic acids is 1. The van der Waals surface area contributed by atoms with Crippen molar-refractivity contribution in [2.75, 3.05) is 10.6 Å². The van der Waals surface area contributed by atoms with Gasteiger partial charge in [-0.3, -0.25) is 5.32 Å². The van der Waals surface area contributed by atoms with Crippen LogP contribution in [0.2, 0.25) is 0 Å². The van der Waals surface area contributed by atoms with Crippen LogP contribution in [0.25, 0.3) is 0 Å². The van der Waals surface area contributed by atoms with Gasteiger partial charge >= 0.3 is 12.0 Å². The van der Waals surface area contributed by atoms with E-state index in [4.69, 9.17) is 5.11 Å². The molecule has 3 N–H and O–H groups in total. The van der Waals surface area contributed by atoms with Crippen LogP contribution in [-0.4, -0.2) is 32.1 Å². The summed E-state index contributed by atoms with van der Waals surface area (Å²) >= 11 is 0. The minimum atomic E-state index is -1.13. The Kier molecular flexibility index (Phi) is 3.62. The van der Waals surface area contributed by atoms with Crippen LogP contribution >= 0.6 is 0 Å². The van der Waals surface area contributed by atoms with Gasteiger partial charge in [0, 0.05) is 12.4 Å². The molecule has 0 bridgehead atoms. The number of aromatic carboxylic acids is 1. The second kappa shape index (κ2) is 5.54. The molecule has 0 atom stereocenters. The molecule has 0 aliphatic heterocycles. The van der Waals surface area contributed by atoms with Crippen molar-refractivity contribution in [1.82, 2.24) is 15.0 Å². The minimum Gasteiger partial charge on any atom is -0.477 e. The summed E-state index contributed by atoms with van der Waals surface area (Å²) in [6.07, 6.45) is 4.23. The number of aromatic nitrogens is 3. The molecule has 0 fully saturated rings. The van der Waals surface area contributed by atoms with Crippen molar-refractivity contribution in [1.29, 1.82) is 0 Å². The van der Waals surface area contributed by atoms with E-state index in [-0.39, 0.29) is 11.6 Å². The average Bonchev–Trinajstić information content (AvgIpc) is 2.40. The molecular formula is C11H9N5O3. The lowest BCUT2D eigenvalue weighted by Crippen LogP contribution is -2.20. The summed E-state index contributed by atoms with van der Waals surface area (Å²) in [6.45, 7) is 0. The van der Waals surface area contributed by atoms with Gasteiger partial charge in [-0.1, -0.05) is 0 Å². The predicted octanol–water partition coefficient (Wildman–Crippen LogP) is 1.21. The molecule has 0 unspecified atom stereocenters. The van der Waals surface area contributed by atoms with Gasteiger partial charge in [0.1, 0.15) is 5.69 Å². The third-order valence-electron chi connectivity index (χ3n) is 2.03. The molecule has 0 spiro atoms. The van der Waals surface area contributed by atoms with Gasteiger partial charge in [0.15, 0.2) is 0 Å². The van der Waals surface area contributed by atoms with Crippen LogP contribution in [0.3, 0.4) is 0 Å². The molecule has 2 amide bonds.